The smallest absolute Gasteiger partial charge is 0.339 e. The van der Waals surface area contributed by atoms with Crippen molar-refractivity contribution in [3.8, 4) is 5.00 Å². The zero-order valence-corrected chi connectivity index (χ0v) is 25.3. The molecule has 0 spiro atoms. The SMILES string of the molecule is Cc1cc(/C=C2\SC(=Nc3ccccc3)N(Cc3ccc(C(=O)O)cc3)C2=O)c(C)n1-c1sc2c(c1C(=O)O)CCCC2. The van der Waals surface area contributed by atoms with Crippen LogP contribution in [-0.2, 0) is 24.2 Å². The van der Waals surface area contributed by atoms with E-state index in [0.717, 1.165) is 63.6 Å². The summed E-state index contributed by atoms with van der Waals surface area (Å²) >= 11 is 2.85. The molecule has 2 aromatic carbocycles. The molecule has 43 heavy (non-hydrogen) atoms. The number of rotatable bonds is 7. The van der Waals surface area contributed by atoms with Gasteiger partial charge in [0.15, 0.2) is 5.17 Å². The molecule has 1 saturated heterocycles. The van der Waals surface area contributed by atoms with Gasteiger partial charge in [0, 0.05) is 16.3 Å². The summed E-state index contributed by atoms with van der Waals surface area (Å²) in [4.78, 5) is 45.5. The van der Waals surface area contributed by atoms with E-state index in [-0.39, 0.29) is 18.0 Å². The van der Waals surface area contributed by atoms with Gasteiger partial charge in [-0.2, -0.15) is 0 Å². The number of carboxylic acids is 2. The average Bonchev–Trinajstić information content (AvgIpc) is 3.60. The van der Waals surface area contributed by atoms with Crippen molar-refractivity contribution in [1.82, 2.24) is 9.47 Å². The molecule has 1 aliphatic carbocycles. The van der Waals surface area contributed by atoms with Gasteiger partial charge in [0.1, 0.15) is 5.00 Å². The van der Waals surface area contributed by atoms with Crippen LogP contribution in [-0.4, -0.2) is 42.7 Å². The lowest BCUT2D eigenvalue weighted by Crippen LogP contribution is -2.28. The number of thiophene rings is 1. The van der Waals surface area contributed by atoms with Gasteiger partial charge in [0.25, 0.3) is 5.91 Å². The summed E-state index contributed by atoms with van der Waals surface area (Å²) in [6, 6.07) is 17.9. The van der Waals surface area contributed by atoms with Crippen molar-refractivity contribution >= 4 is 57.9 Å². The second-order valence-electron chi connectivity index (χ2n) is 10.6. The number of amides is 1. The highest BCUT2D eigenvalue weighted by Gasteiger charge is 2.34. The maximum atomic E-state index is 13.8. The lowest BCUT2D eigenvalue weighted by molar-refractivity contribution is -0.122. The molecule has 10 heteroatoms. The normalized spacial score (nSPS) is 16.7. The topological polar surface area (TPSA) is 112 Å². The monoisotopic (exact) mass is 611 g/mol. The van der Waals surface area contributed by atoms with Crippen LogP contribution in [0.15, 0.2) is 70.6 Å². The number of hydrogen-bond acceptors (Lipinski definition) is 6. The lowest BCUT2D eigenvalue weighted by atomic mass is 9.95. The standard InChI is InChI=1S/C33H29N3O5S2/c1-19-16-23(20(2)36(19)30-28(32(40)41)25-10-6-7-11-26(25)42-30)17-27-29(37)35(18-21-12-14-22(15-13-21)31(38)39)33(43-27)34-24-8-4-3-5-9-24/h3-5,8-9,12-17H,6-7,10-11,18H2,1-2H3,(H,38,39)(H,40,41)/b27-17-,34-33?. The molecule has 1 aliphatic heterocycles. The summed E-state index contributed by atoms with van der Waals surface area (Å²) in [5, 5.41) is 20.7. The lowest BCUT2D eigenvalue weighted by Gasteiger charge is -2.16. The van der Waals surface area contributed by atoms with Crippen LogP contribution < -0.4 is 0 Å². The van der Waals surface area contributed by atoms with E-state index in [1.165, 1.54) is 23.9 Å². The van der Waals surface area contributed by atoms with Gasteiger partial charge in [-0.25, -0.2) is 14.6 Å². The van der Waals surface area contributed by atoms with Gasteiger partial charge in [-0.05, 0) is 104 Å². The largest absolute Gasteiger partial charge is 0.478 e. The second kappa shape index (κ2) is 11.7. The van der Waals surface area contributed by atoms with Crippen LogP contribution in [0, 0.1) is 13.8 Å². The van der Waals surface area contributed by atoms with E-state index >= 15 is 0 Å². The fraction of sp³-hybridized carbons (Fsp3) is 0.212. The number of benzene rings is 2. The van der Waals surface area contributed by atoms with Crippen molar-refractivity contribution in [2.75, 3.05) is 0 Å². The van der Waals surface area contributed by atoms with Gasteiger partial charge in [0.2, 0.25) is 0 Å². The minimum Gasteiger partial charge on any atom is -0.478 e. The summed E-state index contributed by atoms with van der Waals surface area (Å²) < 4.78 is 2.00. The fourth-order valence-electron chi connectivity index (χ4n) is 5.60. The molecule has 1 fully saturated rings. The first-order valence-electron chi connectivity index (χ1n) is 14.0. The molecule has 0 radical (unpaired) electrons. The highest BCUT2D eigenvalue weighted by molar-refractivity contribution is 8.18. The minimum atomic E-state index is -1.01. The van der Waals surface area contributed by atoms with Crippen molar-refractivity contribution in [2.45, 2.75) is 46.1 Å². The van der Waals surface area contributed by atoms with Crippen molar-refractivity contribution in [2.24, 2.45) is 4.99 Å². The summed E-state index contributed by atoms with van der Waals surface area (Å²) in [6.45, 7) is 4.14. The van der Waals surface area contributed by atoms with Crippen LogP contribution in [0.2, 0.25) is 0 Å². The Kier molecular flexibility index (Phi) is 7.81. The van der Waals surface area contributed by atoms with E-state index in [1.54, 1.807) is 28.4 Å². The molecule has 1 amide bonds. The number of aryl methyl sites for hydroxylation is 2. The Bertz CT molecular complexity index is 1820. The third-order valence-corrected chi connectivity index (χ3v) is 10.0. The van der Waals surface area contributed by atoms with Gasteiger partial charge in [-0.1, -0.05) is 30.3 Å². The Morgan fingerprint density at radius 3 is 2.40 bits per heavy atom. The van der Waals surface area contributed by atoms with Crippen LogP contribution in [0.1, 0.15) is 66.5 Å². The van der Waals surface area contributed by atoms with Crippen molar-refractivity contribution in [1.29, 1.82) is 0 Å². The predicted molar refractivity (Wildman–Crippen MR) is 170 cm³/mol. The number of para-hydroxylation sites is 1. The summed E-state index contributed by atoms with van der Waals surface area (Å²) in [6.07, 6.45) is 5.61. The van der Waals surface area contributed by atoms with Gasteiger partial charge in [0.05, 0.1) is 28.3 Å². The van der Waals surface area contributed by atoms with Crippen LogP contribution in [0.4, 0.5) is 5.69 Å². The molecular weight excluding hydrogens is 583 g/mol. The first kappa shape index (κ1) is 28.7. The molecule has 2 aliphatic rings. The third kappa shape index (κ3) is 5.55. The summed E-state index contributed by atoms with van der Waals surface area (Å²) in [5.41, 5.74) is 5.62. The number of fused-ring (bicyclic) bond motifs is 1. The van der Waals surface area contributed by atoms with E-state index in [4.69, 9.17) is 4.99 Å². The average molecular weight is 612 g/mol. The Labute approximate surface area is 257 Å². The highest BCUT2D eigenvalue weighted by atomic mass is 32.2. The first-order valence-corrected chi connectivity index (χ1v) is 15.6. The number of aromatic carboxylic acids is 2. The molecule has 218 valence electrons. The minimum absolute atomic E-state index is 0.178. The number of thioether (sulfide) groups is 1. The van der Waals surface area contributed by atoms with Crippen LogP contribution in [0.5, 0.6) is 0 Å². The zero-order chi connectivity index (χ0) is 30.2. The maximum Gasteiger partial charge on any atom is 0.339 e. The molecule has 2 aromatic heterocycles. The van der Waals surface area contributed by atoms with Crippen LogP contribution in [0.3, 0.4) is 0 Å². The van der Waals surface area contributed by atoms with Gasteiger partial charge in [-0.15, -0.1) is 11.3 Å². The van der Waals surface area contributed by atoms with E-state index in [0.29, 0.717) is 21.3 Å². The highest BCUT2D eigenvalue weighted by Crippen LogP contribution is 2.40. The van der Waals surface area contributed by atoms with E-state index in [1.807, 2.05) is 60.9 Å². The number of carbonyl (C=O) groups is 3. The van der Waals surface area contributed by atoms with Gasteiger partial charge >= 0.3 is 11.9 Å². The Hall–Kier alpha value is -4.41. The zero-order valence-electron chi connectivity index (χ0n) is 23.7. The first-order chi connectivity index (χ1) is 20.7. The molecule has 0 unspecified atom stereocenters. The number of carbonyl (C=O) groups excluding carboxylic acids is 1. The molecule has 8 nitrogen and oxygen atoms in total. The van der Waals surface area contributed by atoms with E-state index in [9.17, 15) is 24.6 Å². The number of nitrogens with zero attached hydrogens (tertiary/aromatic N) is 3. The number of hydrogen-bond donors (Lipinski definition) is 2. The number of amidine groups is 1. The van der Waals surface area contributed by atoms with E-state index in [2.05, 4.69) is 0 Å². The number of aromatic nitrogens is 1. The quantitative estimate of drug-likeness (QED) is 0.213. The Balaban J connectivity index is 1.38. The molecule has 4 aromatic rings. The second-order valence-corrected chi connectivity index (χ2v) is 12.7. The van der Waals surface area contributed by atoms with Crippen molar-refractivity contribution in [3.05, 3.63) is 110 Å². The molecular formula is C33H29N3O5S2. The molecule has 0 bridgehead atoms. The fourth-order valence-corrected chi connectivity index (χ4v) is 8.08. The van der Waals surface area contributed by atoms with Crippen molar-refractivity contribution < 1.29 is 24.6 Å². The molecule has 2 N–H and O–H groups in total. The number of carboxylic acid groups (broad SMARTS) is 2. The molecule has 3 heterocycles. The molecule has 6 rings (SSSR count). The molecule has 0 saturated carbocycles. The van der Waals surface area contributed by atoms with Crippen LogP contribution >= 0.6 is 23.1 Å². The predicted octanol–water partition coefficient (Wildman–Crippen LogP) is 7.24. The molecule has 0 atom stereocenters. The van der Waals surface area contributed by atoms with E-state index < -0.39 is 11.9 Å². The third-order valence-electron chi connectivity index (χ3n) is 7.74. The van der Waals surface area contributed by atoms with Gasteiger partial charge in [-0.3, -0.25) is 9.69 Å². The summed E-state index contributed by atoms with van der Waals surface area (Å²) in [7, 11) is 0. The van der Waals surface area contributed by atoms with Gasteiger partial charge < -0.3 is 14.8 Å². The Morgan fingerprint density at radius 2 is 1.70 bits per heavy atom. The number of aliphatic imine (C=N–C) groups is 1. The maximum absolute atomic E-state index is 13.8. The van der Waals surface area contributed by atoms with Crippen LogP contribution in [0.25, 0.3) is 11.1 Å². The van der Waals surface area contributed by atoms with Crippen molar-refractivity contribution in [3.63, 3.8) is 0 Å². The summed E-state index contributed by atoms with van der Waals surface area (Å²) in [5.74, 6) is -2.12. The Morgan fingerprint density at radius 1 is 0.977 bits per heavy atom.